The smallest absolute Gasteiger partial charge is 0.314 e. The standard InChI is InChI=1S/C15H22F3N3O2S/c1-2-12-4-3-5-13(10-12)24(22,23)20-11-14(15(16,17)18)21-8-6-19-7-9-21/h3-5,10,14,19-20H,2,6-9,11H2,1H3. The number of nitrogens with zero attached hydrogens (tertiary/aromatic N) is 1. The van der Waals surface area contributed by atoms with Crippen LogP contribution in [0.15, 0.2) is 29.2 Å². The molecule has 5 nitrogen and oxygen atoms in total. The van der Waals surface area contributed by atoms with Crippen LogP contribution in [-0.4, -0.2) is 58.3 Å². The van der Waals surface area contributed by atoms with Gasteiger partial charge in [-0.2, -0.15) is 13.2 Å². The summed E-state index contributed by atoms with van der Waals surface area (Å²) >= 11 is 0. The van der Waals surface area contributed by atoms with Gasteiger partial charge in [-0.25, -0.2) is 13.1 Å². The summed E-state index contributed by atoms with van der Waals surface area (Å²) < 4.78 is 66.6. The fraction of sp³-hybridized carbons (Fsp3) is 0.600. The number of aryl methyl sites for hydroxylation is 1. The molecule has 1 aromatic rings. The number of sulfonamides is 1. The van der Waals surface area contributed by atoms with Crippen molar-refractivity contribution in [2.24, 2.45) is 0 Å². The molecule has 2 rings (SSSR count). The fourth-order valence-electron chi connectivity index (χ4n) is 2.65. The van der Waals surface area contributed by atoms with Crippen molar-refractivity contribution >= 4 is 10.0 Å². The highest BCUT2D eigenvalue weighted by Gasteiger charge is 2.44. The maximum Gasteiger partial charge on any atom is 0.405 e. The number of alkyl halides is 3. The quantitative estimate of drug-likeness (QED) is 0.799. The third-order valence-corrected chi connectivity index (χ3v) is 5.48. The van der Waals surface area contributed by atoms with Gasteiger partial charge in [0, 0.05) is 32.7 Å². The second-order valence-corrected chi connectivity index (χ2v) is 7.46. The van der Waals surface area contributed by atoms with E-state index in [0.29, 0.717) is 19.5 Å². The van der Waals surface area contributed by atoms with Crippen molar-refractivity contribution in [1.29, 1.82) is 0 Å². The van der Waals surface area contributed by atoms with Crippen LogP contribution in [0.1, 0.15) is 12.5 Å². The Kier molecular flexibility index (Phi) is 6.24. The Bertz CT molecular complexity index is 644. The van der Waals surface area contributed by atoms with Gasteiger partial charge in [0.05, 0.1) is 4.90 Å². The van der Waals surface area contributed by atoms with Crippen LogP contribution in [-0.2, 0) is 16.4 Å². The minimum Gasteiger partial charge on any atom is -0.314 e. The van der Waals surface area contributed by atoms with Crippen molar-refractivity contribution in [3.05, 3.63) is 29.8 Å². The first-order valence-electron chi connectivity index (χ1n) is 7.84. The summed E-state index contributed by atoms with van der Waals surface area (Å²) in [6, 6.07) is 4.40. The lowest BCUT2D eigenvalue weighted by Crippen LogP contribution is -2.57. The van der Waals surface area contributed by atoms with E-state index in [4.69, 9.17) is 0 Å². The number of piperazine rings is 1. The minimum absolute atomic E-state index is 0.0110. The molecular weight excluding hydrogens is 343 g/mol. The molecule has 24 heavy (non-hydrogen) atoms. The van der Waals surface area contributed by atoms with Crippen LogP contribution < -0.4 is 10.0 Å². The molecule has 1 aliphatic rings. The number of rotatable bonds is 6. The van der Waals surface area contributed by atoms with Gasteiger partial charge in [0.15, 0.2) is 0 Å². The predicted molar refractivity (Wildman–Crippen MR) is 85.3 cm³/mol. The predicted octanol–water partition coefficient (Wildman–Crippen LogP) is 1.36. The second-order valence-electron chi connectivity index (χ2n) is 5.70. The Morgan fingerprint density at radius 1 is 1.29 bits per heavy atom. The normalized spacial score (nSPS) is 18.5. The van der Waals surface area contributed by atoms with E-state index >= 15 is 0 Å². The highest BCUT2D eigenvalue weighted by atomic mass is 32.2. The Morgan fingerprint density at radius 2 is 1.96 bits per heavy atom. The van der Waals surface area contributed by atoms with Gasteiger partial charge in [0.1, 0.15) is 6.04 Å². The molecule has 1 heterocycles. The van der Waals surface area contributed by atoms with Crippen molar-refractivity contribution in [3.8, 4) is 0 Å². The van der Waals surface area contributed by atoms with E-state index in [1.807, 2.05) is 6.92 Å². The molecule has 136 valence electrons. The maximum atomic E-state index is 13.3. The first kappa shape index (κ1) is 19.2. The zero-order valence-electron chi connectivity index (χ0n) is 13.4. The minimum atomic E-state index is -4.49. The van der Waals surface area contributed by atoms with Gasteiger partial charge in [0.2, 0.25) is 10.0 Å². The lowest BCUT2D eigenvalue weighted by atomic mass is 10.2. The van der Waals surface area contributed by atoms with Crippen LogP contribution in [0.3, 0.4) is 0 Å². The average Bonchev–Trinajstić information content (AvgIpc) is 2.54. The van der Waals surface area contributed by atoms with Gasteiger partial charge in [-0.15, -0.1) is 0 Å². The second kappa shape index (κ2) is 7.81. The monoisotopic (exact) mass is 365 g/mol. The third kappa shape index (κ3) is 4.92. The van der Waals surface area contributed by atoms with Gasteiger partial charge in [0.25, 0.3) is 0 Å². The highest BCUT2D eigenvalue weighted by Crippen LogP contribution is 2.25. The lowest BCUT2D eigenvalue weighted by molar-refractivity contribution is -0.182. The van der Waals surface area contributed by atoms with Crippen LogP contribution in [0.5, 0.6) is 0 Å². The molecule has 1 atom stereocenters. The summed E-state index contributed by atoms with van der Waals surface area (Å²) in [4.78, 5) is 1.25. The van der Waals surface area contributed by atoms with Crippen LogP contribution >= 0.6 is 0 Å². The van der Waals surface area contributed by atoms with E-state index in [-0.39, 0.29) is 18.0 Å². The summed E-state index contributed by atoms with van der Waals surface area (Å²) in [7, 11) is -3.98. The molecule has 0 spiro atoms. The molecule has 0 aliphatic carbocycles. The fourth-order valence-corrected chi connectivity index (χ4v) is 3.76. The SMILES string of the molecule is CCc1cccc(S(=O)(=O)NCC(N2CCNCC2)C(F)(F)F)c1. The average molecular weight is 365 g/mol. The van der Waals surface area contributed by atoms with E-state index in [1.165, 1.54) is 17.0 Å². The molecule has 1 aliphatic heterocycles. The molecule has 2 N–H and O–H groups in total. The van der Waals surface area contributed by atoms with Crippen molar-refractivity contribution < 1.29 is 21.6 Å². The van der Waals surface area contributed by atoms with E-state index in [1.54, 1.807) is 12.1 Å². The first-order valence-corrected chi connectivity index (χ1v) is 9.32. The topological polar surface area (TPSA) is 61.4 Å². The molecule has 0 radical (unpaired) electrons. The molecule has 0 saturated carbocycles. The maximum absolute atomic E-state index is 13.3. The zero-order chi connectivity index (χ0) is 17.8. The van der Waals surface area contributed by atoms with Crippen molar-refractivity contribution in [3.63, 3.8) is 0 Å². The Labute approximate surface area is 140 Å². The summed E-state index contributed by atoms with van der Waals surface area (Å²) in [5, 5.41) is 2.98. The first-order chi connectivity index (χ1) is 11.2. The lowest BCUT2D eigenvalue weighted by Gasteiger charge is -2.35. The van der Waals surface area contributed by atoms with Crippen molar-refractivity contribution in [2.45, 2.75) is 30.5 Å². The van der Waals surface area contributed by atoms with Crippen LogP contribution in [0.25, 0.3) is 0 Å². The summed E-state index contributed by atoms with van der Waals surface area (Å²) in [6.07, 6.45) is -3.85. The summed E-state index contributed by atoms with van der Waals surface area (Å²) in [6.45, 7) is 2.57. The van der Waals surface area contributed by atoms with E-state index < -0.39 is 28.8 Å². The molecular formula is C15H22F3N3O2S. The molecule has 1 aromatic carbocycles. The van der Waals surface area contributed by atoms with E-state index in [0.717, 1.165) is 5.56 Å². The summed E-state index contributed by atoms with van der Waals surface area (Å²) in [5.41, 5.74) is 0.812. The largest absolute Gasteiger partial charge is 0.405 e. The highest BCUT2D eigenvalue weighted by molar-refractivity contribution is 7.89. The number of halogens is 3. The summed E-state index contributed by atoms with van der Waals surface area (Å²) in [5.74, 6) is 0. The Hall–Kier alpha value is -1.16. The van der Waals surface area contributed by atoms with Crippen LogP contribution in [0.2, 0.25) is 0 Å². The van der Waals surface area contributed by atoms with Gasteiger partial charge in [-0.3, -0.25) is 4.90 Å². The molecule has 9 heteroatoms. The zero-order valence-corrected chi connectivity index (χ0v) is 14.3. The molecule has 0 amide bonds. The molecule has 1 fully saturated rings. The van der Waals surface area contributed by atoms with E-state index in [9.17, 15) is 21.6 Å². The molecule has 1 saturated heterocycles. The van der Waals surface area contributed by atoms with Crippen LogP contribution in [0.4, 0.5) is 13.2 Å². The van der Waals surface area contributed by atoms with Gasteiger partial charge < -0.3 is 5.32 Å². The van der Waals surface area contributed by atoms with E-state index in [2.05, 4.69) is 10.0 Å². The molecule has 0 aromatic heterocycles. The molecule has 1 unspecified atom stereocenters. The molecule has 0 bridgehead atoms. The Balaban J connectivity index is 2.12. The number of hydrogen-bond donors (Lipinski definition) is 2. The van der Waals surface area contributed by atoms with Gasteiger partial charge >= 0.3 is 6.18 Å². The van der Waals surface area contributed by atoms with Gasteiger partial charge in [-0.1, -0.05) is 19.1 Å². The third-order valence-electron chi connectivity index (χ3n) is 4.05. The van der Waals surface area contributed by atoms with Gasteiger partial charge in [-0.05, 0) is 24.1 Å². The number of nitrogens with one attached hydrogen (secondary N) is 2. The number of hydrogen-bond acceptors (Lipinski definition) is 4. The van der Waals surface area contributed by atoms with Crippen molar-refractivity contribution in [1.82, 2.24) is 14.9 Å². The Morgan fingerprint density at radius 3 is 2.54 bits per heavy atom. The van der Waals surface area contributed by atoms with Crippen LogP contribution in [0, 0.1) is 0 Å². The van der Waals surface area contributed by atoms with Crippen molar-refractivity contribution in [2.75, 3.05) is 32.7 Å². The number of benzene rings is 1.